The average molecular weight is 767 g/mol. The van der Waals surface area contributed by atoms with E-state index >= 15 is 0 Å². The smallest absolute Gasteiger partial charge is 0.235 e. The summed E-state index contributed by atoms with van der Waals surface area (Å²) in [5.41, 5.74) is 14.8. The fraction of sp³-hybridized carbons (Fsp3) is 0.0182. The minimum Gasteiger partial charge on any atom is -0.456 e. The van der Waals surface area contributed by atoms with Gasteiger partial charge >= 0.3 is 0 Å². The van der Waals surface area contributed by atoms with Gasteiger partial charge in [-0.1, -0.05) is 152 Å². The number of fused-ring (bicyclic) bond motifs is 13. The third-order valence-corrected chi connectivity index (χ3v) is 12.4. The number of benzene rings is 8. The summed E-state index contributed by atoms with van der Waals surface area (Å²) in [6.45, 7) is 0. The second-order valence-corrected chi connectivity index (χ2v) is 15.7. The minimum absolute atomic E-state index is 0.614. The first-order valence-electron chi connectivity index (χ1n) is 20.5. The van der Waals surface area contributed by atoms with E-state index in [4.69, 9.17) is 14.4 Å². The molecule has 12 aromatic rings. The number of rotatable bonds is 4. The average Bonchev–Trinajstić information content (AvgIpc) is 3.90. The van der Waals surface area contributed by atoms with Crippen molar-refractivity contribution >= 4 is 82.5 Å². The fourth-order valence-electron chi connectivity index (χ4n) is 9.66. The SMILES string of the molecule is C1=CCc2ccc(-n3c4ccccc4c4ccc5c6c7c(ccc6n(-c6nc(-c8ccc(-c9ccccc9)cc8)c8ccccc8n6)c5c43)oc3ccccc37)cc2C=C1. The fourth-order valence-corrected chi connectivity index (χ4v) is 9.66. The number of aromatic nitrogens is 4. The molecule has 0 fully saturated rings. The van der Waals surface area contributed by atoms with Crippen molar-refractivity contribution in [1.82, 2.24) is 19.1 Å². The maximum atomic E-state index is 6.53. The van der Waals surface area contributed by atoms with Crippen LogP contribution in [-0.4, -0.2) is 19.1 Å². The Morgan fingerprint density at radius 2 is 1.20 bits per heavy atom. The molecule has 0 saturated heterocycles. The van der Waals surface area contributed by atoms with E-state index < -0.39 is 0 Å². The monoisotopic (exact) mass is 766 g/mol. The Morgan fingerprint density at radius 1 is 0.467 bits per heavy atom. The quantitative estimate of drug-likeness (QED) is 0.179. The highest BCUT2D eigenvalue weighted by Gasteiger charge is 2.26. The first-order chi connectivity index (χ1) is 29.8. The van der Waals surface area contributed by atoms with Crippen LogP contribution in [0.5, 0.6) is 0 Å². The number of allylic oxidation sites excluding steroid dienone is 3. The van der Waals surface area contributed by atoms with Crippen LogP contribution in [0.25, 0.3) is 117 Å². The van der Waals surface area contributed by atoms with Crippen molar-refractivity contribution in [2.75, 3.05) is 0 Å². The molecule has 4 heterocycles. The molecule has 5 nitrogen and oxygen atoms in total. The molecule has 0 aliphatic heterocycles. The first kappa shape index (κ1) is 33.0. The van der Waals surface area contributed by atoms with Gasteiger partial charge in [0.2, 0.25) is 5.95 Å². The van der Waals surface area contributed by atoms with E-state index in [0.29, 0.717) is 5.95 Å². The molecule has 8 aromatic carbocycles. The van der Waals surface area contributed by atoms with Gasteiger partial charge in [0.25, 0.3) is 0 Å². The van der Waals surface area contributed by atoms with Gasteiger partial charge in [-0.2, -0.15) is 0 Å². The number of hydrogen-bond acceptors (Lipinski definition) is 3. The standard InChI is InChI=1S/C55H34N4O/c1-3-13-34(14-4-1)36-23-25-37(26-24-36)52-42-18-7-10-20-45(42)56-55(57-52)59-47-31-32-49-51(43-19-9-12-22-48(43)60-49)50(47)44-30-29-41-40-17-8-11-21-46(40)58(53(41)54(44)59)39-28-27-35-15-5-2-6-16-38(35)33-39/h1-14,16-33H,15H2. The van der Waals surface area contributed by atoms with Crippen molar-refractivity contribution in [3.8, 4) is 34.0 Å². The molecule has 5 heteroatoms. The number of nitrogens with zero attached hydrogens (tertiary/aromatic N) is 4. The zero-order chi connectivity index (χ0) is 39.3. The van der Waals surface area contributed by atoms with Crippen LogP contribution in [0.15, 0.2) is 193 Å². The second-order valence-electron chi connectivity index (χ2n) is 15.7. The Bertz CT molecular complexity index is 3790. The lowest BCUT2D eigenvalue weighted by Crippen LogP contribution is -2.05. The molecule has 0 amide bonds. The van der Waals surface area contributed by atoms with Crippen LogP contribution >= 0.6 is 0 Å². The molecular formula is C55H34N4O. The van der Waals surface area contributed by atoms with Crippen molar-refractivity contribution in [3.63, 3.8) is 0 Å². The van der Waals surface area contributed by atoms with Crippen molar-refractivity contribution in [2.24, 2.45) is 0 Å². The van der Waals surface area contributed by atoms with E-state index in [0.717, 1.165) is 94.6 Å². The third-order valence-electron chi connectivity index (χ3n) is 12.4. The van der Waals surface area contributed by atoms with Crippen molar-refractivity contribution in [1.29, 1.82) is 0 Å². The summed E-state index contributed by atoms with van der Waals surface area (Å²) >= 11 is 0. The van der Waals surface area contributed by atoms with E-state index in [2.05, 4.69) is 197 Å². The van der Waals surface area contributed by atoms with Crippen LogP contribution in [-0.2, 0) is 6.42 Å². The first-order valence-corrected chi connectivity index (χ1v) is 20.5. The molecule has 0 unspecified atom stereocenters. The molecule has 4 aromatic heterocycles. The van der Waals surface area contributed by atoms with Gasteiger partial charge in [-0.25, -0.2) is 9.97 Å². The van der Waals surface area contributed by atoms with Gasteiger partial charge in [0, 0.05) is 49.0 Å². The molecule has 60 heavy (non-hydrogen) atoms. The normalized spacial score (nSPS) is 12.8. The molecule has 0 atom stereocenters. The highest BCUT2D eigenvalue weighted by atomic mass is 16.3. The summed E-state index contributed by atoms with van der Waals surface area (Å²) in [5, 5.41) is 7.77. The Kier molecular flexibility index (Phi) is 7.01. The Balaban J connectivity index is 1.18. The van der Waals surface area contributed by atoms with Crippen LogP contribution in [0.3, 0.4) is 0 Å². The Morgan fingerprint density at radius 3 is 2.10 bits per heavy atom. The summed E-state index contributed by atoms with van der Waals surface area (Å²) < 4.78 is 11.3. The lowest BCUT2D eigenvalue weighted by Gasteiger charge is -2.15. The van der Waals surface area contributed by atoms with Gasteiger partial charge in [0.05, 0.1) is 33.3 Å². The molecule has 1 aliphatic rings. The largest absolute Gasteiger partial charge is 0.456 e. The minimum atomic E-state index is 0.614. The molecule has 280 valence electrons. The van der Waals surface area contributed by atoms with Gasteiger partial charge in [0.15, 0.2) is 0 Å². The Hall–Kier alpha value is -8.02. The second kappa shape index (κ2) is 12.7. The molecule has 0 saturated carbocycles. The van der Waals surface area contributed by atoms with Gasteiger partial charge < -0.3 is 8.98 Å². The van der Waals surface area contributed by atoms with Crippen LogP contribution in [0.4, 0.5) is 0 Å². The number of para-hydroxylation sites is 3. The highest BCUT2D eigenvalue weighted by Crippen LogP contribution is 2.46. The highest BCUT2D eigenvalue weighted by molar-refractivity contribution is 6.31. The van der Waals surface area contributed by atoms with Gasteiger partial charge in [-0.3, -0.25) is 4.57 Å². The topological polar surface area (TPSA) is 48.8 Å². The van der Waals surface area contributed by atoms with Crippen LogP contribution in [0, 0.1) is 0 Å². The predicted octanol–water partition coefficient (Wildman–Crippen LogP) is 14.2. The summed E-state index contributed by atoms with van der Waals surface area (Å²) in [6, 6.07) is 60.5. The molecule has 0 radical (unpaired) electrons. The van der Waals surface area contributed by atoms with E-state index in [1.54, 1.807) is 0 Å². The summed E-state index contributed by atoms with van der Waals surface area (Å²) in [6.07, 6.45) is 9.62. The Labute approximate surface area is 344 Å². The maximum Gasteiger partial charge on any atom is 0.235 e. The number of hydrogen-bond donors (Lipinski definition) is 0. The molecule has 0 bridgehead atoms. The zero-order valence-corrected chi connectivity index (χ0v) is 32.4. The van der Waals surface area contributed by atoms with Crippen molar-refractivity contribution in [3.05, 3.63) is 199 Å². The molecule has 0 spiro atoms. The third kappa shape index (κ3) is 4.80. The van der Waals surface area contributed by atoms with E-state index in [1.165, 1.54) is 27.5 Å². The maximum absolute atomic E-state index is 6.53. The number of furan rings is 1. The van der Waals surface area contributed by atoms with E-state index in [-0.39, 0.29) is 0 Å². The molecule has 13 rings (SSSR count). The molecule has 0 N–H and O–H groups in total. The summed E-state index contributed by atoms with van der Waals surface area (Å²) in [4.78, 5) is 11.0. The van der Waals surface area contributed by atoms with Crippen molar-refractivity contribution < 1.29 is 4.42 Å². The van der Waals surface area contributed by atoms with Gasteiger partial charge in [-0.15, -0.1) is 0 Å². The predicted molar refractivity (Wildman–Crippen MR) is 248 cm³/mol. The van der Waals surface area contributed by atoms with Crippen molar-refractivity contribution in [2.45, 2.75) is 6.42 Å². The zero-order valence-electron chi connectivity index (χ0n) is 32.4. The summed E-state index contributed by atoms with van der Waals surface area (Å²) in [7, 11) is 0. The van der Waals surface area contributed by atoms with E-state index in [1.807, 2.05) is 6.07 Å². The molecular weight excluding hydrogens is 733 g/mol. The molecule has 1 aliphatic carbocycles. The lowest BCUT2D eigenvalue weighted by molar-refractivity contribution is 0.669. The van der Waals surface area contributed by atoms with Crippen LogP contribution in [0.1, 0.15) is 11.1 Å². The summed E-state index contributed by atoms with van der Waals surface area (Å²) in [5.74, 6) is 0.614. The van der Waals surface area contributed by atoms with Crippen LogP contribution < -0.4 is 0 Å². The van der Waals surface area contributed by atoms with Gasteiger partial charge in [0.1, 0.15) is 11.2 Å². The van der Waals surface area contributed by atoms with Crippen LogP contribution in [0.2, 0.25) is 0 Å². The van der Waals surface area contributed by atoms with Gasteiger partial charge in [-0.05, 0) is 71.1 Å². The van der Waals surface area contributed by atoms with E-state index in [9.17, 15) is 0 Å². The lowest BCUT2D eigenvalue weighted by atomic mass is 10.0.